The Labute approximate surface area is 193 Å². The average Bonchev–Trinajstić information content (AvgIpc) is 3.27. The van der Waals surface area contributed by atoms with Crippen molar-refractivity contribution in [3.8, 4) is 0 Å². The molecule has 0 aliphatic carbocycles. The molecule has 2 aliphatic rings. The average molecular weight is 528 g/mol. The number of guanidine groups is 1. The second-order valence-corrected chi connectivity index (χ2v) is 7.63. The normalized spacial score (nSPS) is 19.1. The molecule has 1 saturated heterocycles. The number of pyridine rings is 1. The van der Waals surface area contributed by atoms with E-state index in [0.29, 0.717) is 12.4 Å². The van der Waals surface area contributed by atoms with E-state index in [4.69, 9.17) is 0 Å². The molecule has 2 aliphatic heterocycles. The second-order valence-electron chi connectivity index (χ2n) is 7.63. The molecule has 2 aromatic rings. The predicted molar refractivity (Wildman–Crippen MR) is 126 cm³/mol. The van der Waals surface area contributed by atoms with Crippen LogP contribution in [0.2, 0.25) is 0 Å². The Balaban J connectivity index is 0.00000256. The highest BCUT2D eigenvalue weighted by atomic mass is 127. The van der Waals surface area contributed by atoms with Gasteiger partial charge in [-0.05, 0) is 31.4 Å². The van der Waals surface area contributed by atoms with E-state index in [0.717, 1.165) is 56.5 Å². The van der Waals surface area contributed by atoms with Crippen molar-refractivity contribution < 1.29 is 4.39 Å². The zero-order chi connectivity index (χ0) is 20.1. The third-order valence-electron chi connectivity index (χ3n) is 5.62. The van der Waals surface area contributed by atoms with Crippen LogP contribution >= 0.6 is 24.0 Å². The lowest BCUT2D eigenvalue weighted by Crippen LogP contribution is -2.45. The number of aryl methyl sites for hydroxylation is 1. The number of rotatable bonds is 5. The highest BCUT2D eigenvalue weighted by Crippen LogP contribution is 2.20. The summed E-state index contributed by atoms with van der Waals surface area (Å²) in [6.07, 6.45) is 8.04. The summed E-state index contributed by atoms with van der Waals surface area (Å²) in [6.45, 7) is 3.23. The van der Waals surface area contributed by atoms with Crippen molar-refractivity contribution in [3.05, 3.63) is 35.8 Å². The molecule has 0 saturated carbocycles. The van der Waals surface area contributed by atoms with Gasteiger partial charge < -0.3 is 20.1 Å². The monoisotopic (exact) mass is 528 g/mol. The highest BCUT2D eigenvalue weighted by Gasteiger charge is 2.26. The van der Waals surface area contributed by atoms with Gasteiger partial charge in [-0.3, -0.25) is 4.99 Å². The Bertz CT molecular complexity index is 855. The van der Waals surface area contributed by atoms with Gasteiger partial charge in [-0.1, -0.05) is 6.42 Å². The highest BCUT2D eigenvalue weighted by molar-refractivity contribution is 14.0. The number of nitrogens with zero attached hydrogens (tertiary/aromatic N) is 6. The molecule has 1 atom stereocenters. The Morgan fingerprint density at radius 2 is 2.17 bits per heavy atom. The third kappa shape index (κ3) is 5.38. The molecule has 0 radical (unpaired) electrons. The molecule has 0 spiro atoms. The summed E-state index contributed by atoms with van der Waals surface area (Å²) in [7, 11) is 1.77. The van der Waals surface area contributed by atoms with E-state index in [2.05, 4.69) is 35.4 Å². The van der Waals surface area contributed by atoms with Gasteiger partial charge in [0.2, 0.25) is 0 Å². The molecule has 2 N–H and O–H groups in total. The van der Waals surface area contributed by atoms with E-state index in [1.807, 2.05) is 4.90 Å². The van der Waals surface area contributed by atoms with Crippen LogP contribution in [0, 0.1) is 5.82 Å². The fourth-order valence-corrected chi connectivity index (χ4v) is 4.09. The van der Waals surface area contributed by atoms with Crippen LogP contribution in [0.25, 0.3) is 0 Å². The van der Waals surface area contributed by atoms with E-state index in [1.165, 1.54) is 25.3 Å². The van der Waals surface area contributed by atoms with Gasteiger partial charge in [0.15, 0.2) is 17.6 Å². The van der Waals surface area contributed by atoms with Crippen molar-refractivity contribution in [2.75, 3.05) is 31.6 Å². The molecule has 0 amide bonds. The Hall–Kier alpha value is -1.98. The van der Waals surface area contributed by atoms with Crippen LogP contribution in [0.4, 0.5) is 10.2 Å². The van der Waals surface area contributed by atoms with Crippen molar-refractivity contribution in [3.63, 3.8) is 0 Å². The number of nitrogens with one attached hydrogen (secondary N) is 2. The van der Waals surface area contributed by atoms with Gasteiger partial charge in [0.1, 0.15) is 11.6 Å². The molecule has 30 heavy (non-hydrogen) atoms. The zero-order valence-corrected chi connectivity index (χ0v) is 19.7. The fraction of sp³-hybridized carbons (Fsp3) is 0.600. The van der Waals surface area contributed by atoms with E-state index in [-0.39, 0.29) is 35.8 Å². The van der Waals surface area contributed by atoms with Crippen LogP contribution in [0.3, 0.4) is 0 Å². The van der Waals surface area contributed by atoms with Crippen LogP contribution in [0.15, 0.2) is 23.3 Å². The zero-order valence-electron chi connectivity index (χ0n) is 17.3. The van der Waals surface area contributed by atoms with Crippen LogP contribution in [-0.4, -0.2) is 58.4 Å². The van der Waals surface area contributed by atoms with Crippen molar-refractivity contribution >= 4 is 35.8 Å². The second kappa shape index (κ2) is 10.9. The summed E-state index contributed by atoms with van der Waals surface area (Å²) in [5.41, 5.74) is 0. The van der Waals surface area contributed by atoms with Gasteiger partial charge in [-0.2, -0.15) is 0 Å². The summed E-state index contributed by atoms with van der Waals surface area (Å²) >= 11 is 0. The van der Waals surface area contributed by atoms with Gasteiger partial charge in [0, 0.05) is 58.3 Å². The van der Waals surface area contributed by atoms with Crippen LogP contribution in [0.1, 0.15) is 37.3 Å². The van der Waals surface area contributed by atoms with Crippen molar-refractivity contribution in [1.29, 1.82) is 0 Å². The van der Waals surface area contributed by atoms with Crippen LogP contribution in [0.5, 0.6) is 0 Å². The van der Waals surface area contributed by atoms with Gasteiger partial charge in [0.25, 0.3) is 0 Å². The topological polar surface area (TPSA) is 83.3 Å². The van der Waals surface area contributed by atoms with Gasteiger partial charge in [-0.25, -0.2) is 9.37 Å². The number of fused-ring (bicyclic) bond motifs is 1. The summed E-state index contributed by atoms with van der Waals surface area (Å²) in [5.74, 6) is 3.07. The van der Waals surface area contributed by atoms with Crippen LogP contribution < -0.4 is 15.5 Å². The summed E-state index contributed by atoms with van der Waals surface area (Å²) in [5, 5.41) is 15.6. The van der Waals surface area contributed by atoms with E-state index in [9.17, 15) is 4.39 Å². The predicted octanol–water partition coefficient (Wildman–Crippen LogP) is 2.14. The molecule has 4 heterocycles. The molecule has 1 unspecified atom stereocenters. The lowest BCUT2D eigenvalue weighted by molar-refractivity contribution is 0.597. The number of halogens is 2. The van der Waals surface area contributed by atoms with Gasteiger partial charge in [0.05, 0.1) is 0 Å². The number of hydrogen-bond donors (Lipinski definition) is 2. The molecule has 2 aromatic heterocycles. The molecule has 1 fully saturated rings. The minimum Gasteiger partial charge on any atom is -0.356 e. The number of anilines is 1. The maximum atomic E-state index is 14.0. The quantitative estimate of drug-likeness (QED) is 0.352. The maximum absolute atomic E-state index is 14.0. The first kappa shape index (κ1) is 22.7. The molecular formula is C20H30FIN8. The van der Waals surface area contributed by atoms with E-state index < -0.39 is 0 Å². The minimum atomic E-state index is -0.275. The summed E-state index contributed by atoms with van der Waals surface area (Å²) in [6, 6.07) is 3.27. The first-order chi connectivity index (χ1) is 14.2. The lowest BCUT2D eigenvalue weighted by atomic mass is 10.2. The van der Waals surface area contributed by atoms with Gasteiger partial charge in [-0.15, -0.1) is 34.2 Å². The SMILES string of the molecule is CN=C(NCCc1nnc2n1CCCCC2)NC1CCN(c2ncccc2F)C1.I. The smallest absolute Gasteiger partial charge is 0.191 e. The van der Waals surface area contributed by atoms with E-state index >= 15 is 0 Å². The van der Waals surface area contributed by atoms with Gasteiger partial charge >= 0.3 is 0 Å². The Kier molecular flexibility index (Phi) is 8.23. The fourth-order valence-electron chi connectivity index (χ4n) is 4.09. The van der Waals surface area contributed by atoms with Crippen molar-refractivity contribution in [2.24, 2.45) is 4.99 Å². The number of hydrogen-bond acceptors (Lipinski definition) is 5. The first-order valence-electron chi connectivity index (χ1n) is 10.5. The standard InChI is InChI=1S/C20H29FN8.HI/c1-22-20(24-11-8-18-27-26-17-7-3-2-4-12-29(17)18)25-15-9-13-28(14-15)19-16(21)6-5-10-23-19;/h5-6,10,15H,2-4,7-9,11-14H2,1H3,(H2,22,24,25);1H. The largest absolute Gasteiger partial charge is 0.356 e. The molecule has 164 valence electrons. The van der Waals surface area contributed by atoms with E-state index in [1.54, 1.807) is 19.3 Å². The minimum absolute atomic E-state index is 0. The molecule has 0 bridgehead atoms. The van der Waals surface area contributed by atoms with Crippen LogP contribution in [-0.2, 0) is 19.4 Å². The summed E-state index contributed by atoms with van der Waals surface area (Å²) < 4.78 is 16.2. The molecule has 4 rings (SSSR count). The molecule has 8 nitrogen and oxygen atoms in total. The molecule has 0 aromatic carbocycles. The maximum Gasteiger partial charge on any atom is 0.191 e. The Morgan fingerprint density at radius 3 is 3.00 bits per heavy atom. The number of aromatic nitrogens is 4. The first-order valence-corrected chi connectivity index (χ1v) is 10.5. The molecule has 10 heteroatoms. The Morgan fingerprint density at radius 1 is 1.27 bits per heavy atom. The summed E-state index contributed by atoms with van der Waals surface area (Å²) in [4.78, 5) is 10.5. The lowest BCUT2D eigenvalue weighted by Gasteiger charge is -2.20. The third-order valence-corrected chi connectivity index (χ3v) is 5.62. The van der Waals surface area contributed by atoms with Crippen molar-refractivity contribution in [1.82, 2.24) is 30.4 Å². The van der Waals surface area contributed by atoms with Crippen molar-refractivity contribution in [2.45, 2.75) is 51.1 Å². The number of aliphatic imine (C=N–C) groups is 1. The molecular weight excluding hydrogens is 498 g/mol.